The lowest BCUT2D eigenvalue weighted by Gasteiger charge is -2.20. The van der Waals surface area contributed by atoms with Crippen LogP contribution in [-0.4, -0.2) is 27.1 Å². The Morgan fingerprint density at radius 3 is 2.50 bits per heavy atom. The van der Waals surface area contributed by atoms with Crippen LogP contribution >= 0.6 is 0 Å². The van der Waals surface area contributed by atoms with Gasteiger partial charge in [-0.1, -0.05) is 6.92 Å². The van der Waals surface area contributed by atoms with Gasteiger partial charge in [0.25, 0.3) is 0 Å². The summed E-state index contributed by atoms with van der Waals surface area (Å²) in [6, 6.07) is 0.265. The average molecular weight is 225 g/mol. The van der Waals surface area contributed by atoms with Gasteiger partial charge in [0.05, 0.1) is 6.61 Å². The van der Waals surface area contributed by atoms with Gasteiger partial charge in [-0.05, 0) is 27.2 Å². The second-order valence-corrected chi connectivity index (χ2v) is 4.52. The molecule has 6 nitrogen and oxygen atoms in total. The first-order valence-electron chi connectivity index (χ1n) is 5.33. The number of nitrogens with one attached hydrogen (secondary N) is 1. The highest BCUT2D eigenvalue weighted by Crippen LogP contribution is 2.13. The number of anilines is 2. The van der Waals surface area contributed by atoms with E-state index in [2.05, 4.69) is 20.3 Å². The third-order valence-electron chi connectivity index (χ3n) is 1.55. The fourth-order valence-corrected chi connectivity index (χ4v) is 1.02. The normalized spacial score (nSPS) is 11.2. The molecule has 3 N–H and O–H groups in total. The SMILES string of the molecule is CCCOc1nc(N)nc(NC(C)(C)C)n1. The van der Waals surface area contributed by atoms with Crippen molar-refractivity contribution in [1.82, 2.24) is 15.0 Å². The highest BCUT2D eigenvalue weighted by Gasteiger charge is 2.13. The zero-order valence-electron chi connectivity index (χ0n) is 10.2. The Balaban J connectivity index is 2.81. The van der Waals surface area contributed by atoms with Crippen molar-refractivity contribution in [3.05, 3.63) is 0 Å². The van der Waals surface area contributed by atoms with Crippen LogP contribution in [0, 0.1) is 0 Å². The summed E-state index contributed by atoms with van der Waals surface area (Å²) in [7, 11) is 0. The number of nitrogen functional groups attached to an aromatic ring is 1. The van der Waals surface area contributed by atoms with Crippen molar-refractivity contribution in [3.8, 4) is 6.01 Å². The van der Waals surface area contributed by atoms with Gasteiger partial charge in [-0.2, -0.15) is 15.0 Å². The quantitative estimate of drug-likeness (QED) is 0.806. The zero-order chi connectivity index (χ0) is 12.2. The smallest absolute Gasteiger partial charge is 0.323 e. The molecule has 0 saturated heterocycles. The van der Waals surface area contributed by atoms with Gasteiger partial charge in [0, 0.05) is 5.54 Å². The van der Waals surface area contributed by atoms with Crippen molar-refractivity contribution in [2.45, 2.75) is 39.7 Å². The molecule has 0 atom stereocenters. The Bertz CT molecular complexity index is 348. The van der Waals surface area contributed by atoms with E-state index in [1.54, 1.807) is 0 Å². The minimum Gasteiger partial charge on any atom is -0.463 e. The van der Waals surface area contributed by atoms with E-state index in [0.29, 0.717) is 12.6 Å². The van der Waals surface area contributed by atoms with Gasteiger partial charge in [0.2, 0.25) is 11.9 Å². The molecule has 0 aliphatic heterocycles. The van der Waals surface area contributed by atoms with E-state index < -0.39 is 0 Å². The lowest BCUT2D eigenvalue weighted by Crippen LogP contribution is -2.27. The second-order valence-electron chi connectivity index (χ2n) is 4.52. The molecule has 16 heavy (non-hydrogen) atoms. The molecule has 0 aliphatic carbocycles. The van der Waals surface area contributed by atoms with Gasteiger partial charge in [-0.15, -0.1) is 0 Å². The first kappa shape index (κ1) is 12.5. The van der Waals surface area contributed by atoms with Crippen molar-refractivity contribution in [2.75, 3.05) is 17.7 Å². The number of rotatable bonds is 4. The number of hydrogen-bond donors (Lipinski definition) is 2. The number of ether oxygens (including phenoxy) is 1. The number of aromatic nitrogens is 3. The van der Waals surface area contributed by atoms with Crippen LogP contribution in [0.2, 0.25) is 0 Å². The predicted octanol–water partition coefficient (Wildman–Crippen LogP) is 1.45. The molecule has 0 unspecified atom stereocenters. The Hall–Kier alpha value is -1.59. The van der Waals surface area contributed by atoms with Crippen LogP contribution in [0.3, 0.4) is 0 Å². The molecule has 1 heterocycles. The molecule has 0 spiro atoms. The molecule has 90 valence electrons. The number of nitrogens with zero attached hydrogens (tertiary/aromatic N) is 3. The summed E-state index contributed by atoms with van der Waals surface area (Å²) in [5, 5.41) is 3.12. The highest BCUT2D eigenvalue weighted by molar-refractivity contribution is 5.34. The molecule has 1 aromatic heterocycles. The molecule has 0 aliphatic rings. The van der Waals surface area contributed by atoms with Crippen LogP contribution in [-0.2, 0) is 0 Å². The number of nitrogens with two attached hydrogens (primary N) is 1. The van der Waals surface area contributed by atoms with E-state index in [-0.39, 0.29) is 17.5 Å². The lowest BCUT2D eigenvalue weighted by atomic mass is 10.1. The summed E-state index contributed by atoms with van der Waals surface area (Å²) in [5.41, 5.74) is 5.44. The van der Waals surface area contributed by atoms with Gasteiger partial charge >= 0.3 is 6.01 Å². The van der Waals surface area contributed by atoms with Crippen LogP contribution < -0.4 is 15.8 Å². The molecule has 0 amide bonds. The largest absolute Gasteiger partial charge is 0.463 e. The van der Waals surface area contributed by atoms with Gasteiger partial charge in [0.15, 0.2) is 0 Å². The second kappa shape index (κ2) is 4.96. The van der Waals surface area contributed by atoms with E-state index in [1.807, 2.05) is 27.7 Å². The Morgan fingerprint density at radius 2 is 1.94 bits per heavy atom. The minimum absolute atomic E-state index is 0.129. The van der Waals surface area contributed by atoms with Crippen LogP contribution in [0.4, 0.5) is 11.9 Å². The molecule has 0 aromatic carbocycles. The topological polar surface area (TPSA) is 86.0 Å². The summed E-state index contributed by atoms with van der Waals surface area (Å²) in [4.78, 5) is 12.0. The van der Waals surface area contributed by atoms with Crippen LogP contribution in [0.25, 0.3) is 0 Å². The Morgan fingerprint density at radius 1 is 1.25 bits per heavy atom. The summed E-state index contributed by atoms with van der Waals surface area (Å²) >= 11 is 0. The molecule has 1 rings (SSSR count). The Kier molecular flexibility index (Phi) is 3.87. The van der Waals surface area contributed by atoms with Gasteiger partial charge in [-0.3, -0.25) is 0 Å². The molecule has 0 bridgehead atoms. The maximum Gasteiger partial charge on any atom is 0.323 e. The third kappa shape index (κ3) is 4.29. The fraction of sp³-hybridized carbons (Fsp3) is 0.700. The molecular formula is C10H19N5O. The van der Waals surface area contributed by atoms with Crippen LogP contribution in [0.15, 0.2) is 0 Å². The van der Waals surface area contributed by atoms with Crippen LogP contribution in [0.5, 0.6) is 6.01 Å². The van der Waals surface area contributed by atoms with E-state index in [1.165, 1.54) is 0 Å². The predicted molar refractivity (Wildman–Crippen MR) is 63.4 cm³/mol. The monoisotopic (exact) mass is 225 g/mol. The molecule has 0 radical (unpaired) electrons. The molecular weight excluding hydrogens is 206 g/mol. The maximum absolute atomic E-state index is 5.57. The zero-order valence-corrected chi connectivity index (χ0v) is 10.2. The summed E-state index contributed by atoms with van der Waals surface area (Å²) in [6.45, 7) is 8.62. The van der Waals surface area contributed by atoms with E-state index >= 15 is 0 Å². The standard InChI is InChI=1S/C10H19N5O/c1-5-6-16-9-13-7(11)12-8(14-9)15-10(2,3)4/h5-6H2,1-4H3,(H3,11,12,13,14,15). The van der Waals surface area contributed by atoms with Gasteiger partial charge < -0.3 is 15.8 Å². The molecule has 0 fully saturated rings. The van der Waals surface area contributed by atoms with E-state index in [9.17, 15) is 0 Å². The summed E-state index contributed by atoms with van der Waals surface area (Å²) in [6.07, 6.45) is 0.896. The fourth-order valence-electron chi connectivity index (χ4n) is 1.02. The van der Waals surface area contributed by atoms with Crippen molar-refractivity contribution < 1.29 is 4.74 Å². The van der Waals surface area contributed by atoms with Crippen molar-refractivity contribution >= 4 is 11.9 Å². The number of hydrogen-bond acceptors (Lipinski definition) is 6. The lowest BCUT2D eigenvalue weighted by molar-refractivity contribution is 0.292. The first-order chi connectivity index (χ1) is 7.40. The van der Waals surface area contributed by atoms with E-state index in [4.69, 9.17) is 10.5 Å². The van der Waals surface area contributed by atoms with Crippen molar-refractivity contribution in [2.24, 2.45) is 0 Å². The maximum atomic E-state index is 5.57. The molecule has 6 heteroatoms. The summed E-state index contributed by atoms with van der Waals surface area (Å²) in [5.74, 6) is 0.596. The van der Waals surface area contributed by atoms with Crippen molar-refractivity contribution in [3.63, 3.8) is 0 Å². The molecule has 1 aromatic rings. The van der Waals surface area contributed by atoms with E-state index in [0.717, 1.165) is 6.42 Å². The Labute approximate surface area is 95.6 Å². The highest BCUT2D eigenvalue weighted by atomic mass is 16.5. The van der Waals surface area contributed by atoms with Crippen molar-refractivity contribution in [1.29, 1.82) is 0 Å². The first-order valence-corrected chi connectivity index (χ1v) is 5.33. The summed E-state index contributed by atoms with van der Waals surface area (Å²) < 4.78 is 5.31. The third-order valence-corrected chi connectivity index (χ3v) is 1.55. The average Bonchev–Trinajstić information content (AvgIpc) is 2.10. The van der Waals surface area contributed by atoms with Gasteiger partial charge in [0.1, 0.15) is 0 Å². The van der Waals surface area contributed by atoms with Gasteiger partial charge in [-0.25, -0.2) is 0 Å². The van der Waals surface area contributed by atoms with Crippen LogP contribution in [0.1, 0.15) is 34.1 Å². The molecule has 0 saturated carbocycles. The minimum atomic E-state index is -0.129.